The molecule has 4 nitrogen and oxygen atoms in total. The second-order valence-corrected chi connectivity index (χ2v) is 4.97. The van der Waals surface area contributed by atoms with Gasteiger partial charge in [0.2, 0.25) is 0 Å². The van der Waals surface area contributed by atoms with Crippen LogP contribution in [0.1, 0.15) is 5.56 Å². The van der Waals surface area contributed by atoms with Crippen molar-refractivity contribution in [3.63, 3.8) is 0 Å². The van der Waals surface area contributed by atoms with E-state index in [1.807, 2.05) is 0 Å². The molecular weight excluding hydrogens is 284 g/mol. The van der Waals surface area contributed by atoms with E-state index < -0.39 is 10.1 Å². The Bertz CT molecular complexity index is 441. The SMILES string of the molecule is COc1cccc(S(=O)(=O)[O-])c1CCBr. The molecule has 0 aromatic heterocycles. The summed E-state index contributed by atoms with van der Waals surface area (Å²) >= 11 is 3.20. The number of rotatable bonds is 4. The fourth-order valence-corrected chi connectivity index (χ4v) is 2.46. The summed E-state index contributed by atoms with van der Waals surface area (Å²) in [7, 11) is -3.00. The second kappa shape index (κ2) is 4.96. The highest BCUT2D eigenvalue weighted by Gasteiger charge is 2.12. The van der Waals surface area contributed by atoms with Gasteiger partial charge in [0.05, 0.1) is 12.0 Å². The van der Waals surface area contributed by atoms with Gasteiger partial charge in [0.15, 0.2) is 0 Å². The molecule has 15 heavy (non-hydrogen) atoms. The normalized spacial score (nSPS) is 11.4. The van der Waals surface area contributed by atoms with Gasteiger partial charge in [-0.05, 0) is 18.6 Å². The van der Waals surface area contributed by atoms with E-state index in [1.54, 1.807) is 6.07 Å². The fourth-order valence-electron chi connectivity index (χ4n) is 1.31. The van der Waals surface area contributed by atoms with E-state index >= 15 is 0 Å². The van der Waals surface area contributed by atoms with Crippen LogP contribution in [0.3, 0.4) is 0 Å². The van der Waals surface area contributed by atoms with E-state index in [4.69, 9.17) is 4.74 Å². The first kappa shape index (κ1) is 12.5. The fraction of sp³-hybridized carbons (Fsp3) is 0.333. The quantitative estimate of drug-likeness (QED) is 0.624. The van der Waals surface area contributed by atoms with Crippen LogP contribution < -0.4 is 4.74 Å². The van der Waals surface area contributed by atoms with E-state index in [9.17, 15) is 13.0 Å². The second-order valence-electron chi connectivity index (χ2n) is 2.83. The molecule has 1 rings (SSSR count). The molecule has 0 spiro atoms. The minimum absolute atomic E-state index is 0.207. The Morgan fingerprint density at radius 1 is 1.47 bits per heavy atom. The summed E-state index contributed by atoms with van der Waals surface area (Å²) in [6, 6.07) is 4.41. The van der Waals surface area contributed by atoms with Gasteiger partial charge in [-0.25, -0.2) is 8.42 Å². The van der Waals surface area contributed by atoms with Crippen LogP contribution in [0.5, 0.6) is 5.75 Å². The Morgan fingerprint density at radius 3 is 2.60 bits per heavy atom. The van der Waals surface area contributed by atoms with Gasteiger partial charge in [0.25, 0.3) is 0 Å². The molecule has 0 saturated carbocycles. The van der Waals surface area contributed by atoms with Crippen LogP contribution in [0.4, 0.5) is 0 Å². The van der Waals surface area contributed by atoms with Gasteiger partial charge in [-0.1, -0.05) is 22.0 Å². The van der Waals surface area contributed by atoms with Crippen LogP contribution in [0, 0.1) is 0 Å². The molecule has 0 aliphatic heterocycles. The van der Waals surface area contributed by atoms with E-state index in [2.05, 4.69) is 15.9 Å². The van der Waals surface area contributed by atoms with Crippen molar-refractivity contribution in [1.29, 1.82) is 0 Å². The average Bonchev–Trinajstić information content (AvgIpc) is 2.17. The highest BCUT2D eigenvalue weighted by molar-refractivity contribution is 9.09. The number of alkyl halides is 1. The van der Waals surface area contributed by atoms with Crippen molar-refractivity contribution in [2.24, 2.45) is 0 Å². The zero-order valence-electron chi connectivity index (χ0n) is 8.07. The third-order valence-corrected chi connectivity index (χ3v) is 3.24. The van der Waals surface area contributed by atoms with Gasteiger partial charge in [0.1, 0.15) is 15.9 Å². The number of benzene rings is 1. The lowest BCUT2D eigenvalue weighted by atomic mass is 10.1. The minimum atomic E-state index is -4.44. The molecule has 6 heteroatoms. The maximum Gasteiger partial charge on any atom is 0.124 e. The van der Waals surface area contributed by atoms with Gasteiger partial charge >= 0.3 is 0 Å². The molecule has 0 radical (unpaired) electrons. The maximum absolute atomic E-state index is 11.0. The molecule has 0 N–H and O–H groups in total. The van der Waals surface area contributed by atoms with Crippen LogP contribution >= 0.6 is 15.9 Å². The Kier molecular flexibility index (Phi) is 4.12. The number of hydrogen-bond donors (Lipinski definition) is 0. The van der Waals surface area contributed by atoms with Crippen molar-refractivity contribution in [2.75, 3.05) is 12.4 Å². The van der Waals surface area contributed by atoms with Crippen molar-refractivity contribution in [1.82, 2.24) is 0 Å². The molecule has 0 unspecified atom stereocenters. The van der Waals surface area contributed by atoms with Crippen LogP contribution in [0.25, 0.3) is 0 Å². The zero-order chi connectivity index (χ0) is 11.5. The predicted octanol–water partition coefficient (Wildman–Crippen LogP) is 1.54. The van der Waals surface area contributed by atoms with Crippen molar-refractivity contribution in [3.05, 3.63) is 23.8 Å². The molecule has 1 aromatic rings. The predicted molar refractivity (Wildman–Crippen MR) is 58.5 cm³/mol. The first-order valence-electron chi connectivity index (χ1n) is 4.18. The van der Waals surface area contributed by atoms with Crippen LogP contribution in [0.15, 0.2) is 23.1 Å². The van der Waals surface area contributed by atoms with Crippen LogP contribution in [0.2, 0.25) is 0 Å². The highest BCUT2D eigenvalue weighted by Crippen LogP contribution is 2.26. The summed E-state index contributed by atoms with van der Waals surface area (Å²) in [4.78, 5) is -0.207. The van der Waals surface area contributed by atoms with Crippen molar-refractivity contribution < 1.29 is 17.7 Å². The van der Waals surface area contributed by atoms with Gasteiger partial charge in [-0.15, -0.1) is 0 Å². The molecule has 84 valence electrons. The first-order valence-corrected chi connectivity index (χ1v) is 6.71. The Hall–Kier alpha value is -0.590. The van der Waals surface area contributed by atoms with Gasteiger partial charge in [-0.3, -0.25) is 0 Å². The summed E-state index contributed by atoms with van der Waals surface area (Å²) in [5.74, 6) is 0.423. The molecule has 1 aromatic carbocycles. The summed E-state index contributed by atoms with van der Waals surface area (Å²) in [6.07, 6.45) is 0.431. The minimum Gasteiger partial charge on any atom is -0.744 e. The lowest BCUT2D eigenvalue weighted by Gasteiger charge is -2.15. The molecular formula is C9H10BrO4S-. The number of hydrogen-bond acceptors (Lipinski definition) is 4. The molecule has 0 aliphatic carbocycles. The molecule has 0 bridgehead atoms. The van der Waals surface area contributed by atoms with Gasteiger partial charge < -0.3 is 9.29 Å². The molecule has 0 fully saturated rings. The van der Waals surface area contributed by atoms with Gasteiger partial charge in [0, 0.05) is 10.9 Å². The van der Waals surface area contributed by atoms with E-state index in [0.717, 1.165) is 0 Å². The number of methoxy groups -OCH3 is 1. The van der Waals surface area contributed by atoms with E-state index in [1.165, 1.54) is 19.2 Å². The third kappa shape index (κ3) is 2.93. The Labute approximate surface area is 97.1 Å². The lowest BCUT2D eigenvalue weighted by molar-refractivity contribution is 0.406. The molecule has 0 aliphatic rings. The average molecular weight is 294 g/mol. The number of ether oxygens (including phenoxy) is 1. The molecule has 0 saturated heterocycles. The smallest absolute Gasteiger partial charge is 0.124 e. The standard InChI is InChI=1S/C9H11BrO4S/c1-14-8-3-2-4-9(15(11,12)13)7(8)5-6-10/h2-4H,5-6H2,1H3,(H,11,12,13)/p-1. The zero-order valence-corrected chi connectivity index (χ0v) is 10.5. The molecule has 0 heterocycles. The summed E-state index contributed by atoms with van der Waals surface area (Å²) in [6.45, 7) is 0. The largest absolute Gasteiger partial charge is 0.744 e. The van der Waals surface area contributed by atoms with E-state index in [0.29, 0.717) is 23.1 Å². The van der Waals surface area contributed by atoms with E-state index in [-0.39, 0.29) is 4.90 Å². The van der Waals surface area contributed by atoms with Crippen molar-refractivity contribution >= 4 is 26.0 Å². The highest BCUT2D eigenvalue weighted by atomic mass is 79.9. The van der Waals surface area contributed by atoms with Crippen LogP contribution in [-0.2, 0) is 16.5 Å². The number of halogens is 1. The lowest BCUT2D eigenvalue weighted by Crippen LogP contribution is -2.05. The maximum atomic E-state index is 11.0. The monoisotopic (exact) mass is 293 g/mol. The van der Waals surface area contributed by atoms with Crippen LogP contribution in [-0.4, -0.2) is 25.4 Å². The first-order chi connectivity index (χ1) is 7.00. The third-order valence-electron chi connectivity index (χ3n) is 1.92. The van der Waals surface area contributed by atoms with Crippen molar-refractivity contribution in [2.45, 2.75) is 11.3 Å². The summed E-state index contributed by atoms with van der Waals surface area (Å²) in [5.41, 5.74) is 0.423. The Balaban J connectivity index is 3.38. The van der Waals surface area contributed by atoms with Crippen molar-refractivity contribution in [3.8, 4) is 5.75 Å². The summed E-state index contributed by atoms with van der Waals surface area (Å²) in [5, 5.41) is 0.565. The summed E-state index contributed by atoms with van der Waals surface area (Å²) < 4.78 is 37.9. The van der Waals surface area contributed by atoms with Gasteiger partial charge in [-0.2, -0.15) is 0 Å². The Morgan fingerprint density at radius 2 is 2.13 bits per heavy atom. The topological polar surface area (TPSA) is 66.4 Å². The molecule has 0 atom stereocenters. The molecule has 0 amide bonds.